The average molecular weight is 268 g/mol. The number of hydrogen-bond acceptors (Lipinski definition) is 4. The number of hydrogen-bond donors (Lipinski definition) is 1. The Labute approximate surface area is 108 Å². The van der Waals surface area contributed by atoms with Gasteiger partial charge >= 0.3 is 5.97 Å². The standard InChI is InChI=1S/C12H10ClNO4/c1-6-3-4-7(13)11(17-2)10(6)9-5-8(12(15)16)14-18-9/h3-5H,1-2H3,(H,15,16). The number of carboxylic acid groups (broad SMARTS) is 1. The highest BCUT2D eigenvalue weighted by Gasteiger charge is 2.19. The number of nitrogens with zero attached hydrogens (tertiary/aromatic N) is 1. The van der Waals surface area contributed by atoms with E-state index in [-0.39, 0.29) is 5.69 Å². The molecule has 5 nitrogen and oxygen atoms in total. The van der Waals surface area contributed by atoms with Crippen molar-refractivity contribution in [3.05, 3.63) is 34.5 Å². The second-order valence-corrected chi connectivity index (χ2v) is 4.06. The van der Waals surface area contributed by atoms with Crippen LogP contribution in [0.2, 0.25) is 5.02 Å². The number of rotatable bonds is 3. The van der Waals surface area contributed by atoms with Crippen molar-refractivity contribution >= 4 is 17.6 Å². The maximum atomic E-state index is 10.8. The number of benzene rings is 1. The lowest BCUT2D eigenvalue weighted by Crippen LogP contribution is -1.95. The molecule has 0 atom stereocenters. The summed E-state index contributed by atoms with van der Waals surface area (Å²) in [5.41, 5.74) is 1.29. The van der Waals surface area contributed by atoms with Gasteiger partial charge in [0.25, 0.3) is 0 Å². The monoisotopic (exact) mass is 267 g/mol. The molecule has 2 rings (SSSR count). The summed E-state index contributed by atoms with van der Waals surface area (Å²) in [6.07, 6.45) is 0. The molecule has 0 aliphatic carbocycles. The van der Waals surface area contributed by atoms with Gasteiger partial charge in [-0.1, -0.05) is 22.8 Å². The number of carbonyl (C=O) groups is 1. The Balaban J connectivity index is 2.62. The van der Waals surface area contributed by atoms with Gasteiger partial charge in [0, 0.05) is 6.07 Å². The number of aromatic carboxylic acids is 1. The Morgan fingerprint density at radius 1 is 1.50 bits per heavy atom. The van der Waals surface area contributed by atoms with E-state index in [2.05, 4.69) is 5.16 Å². The van der Waals surface area contributed by atoms with Crippen LogP contribution in [-0.2, 0) is 0 Å². The second kappa shape index (κ2) is 4.70. The van der Waals surface area contributed by atoms with Crippen LogP contribution in [0.25, 0.3) is 11.3 Å². The Morgan fingerprint density at radius 2 is 2.22 bits per heavy atom. The lowest BCUT2D eigenvalue weighted by atomic mass is 10.0. The van der Waals surface area contributed by atoms with E-state index in [1.165, 1.54) is 13.2 Å². The zero-order valence-electron chi connectivity index (χ0n) is 9.73. The molecule has 94 valence electrons. The van der Waals surface area contributed by atoms with Gasteiger partial charge in [-0.2, -0.15) is 0 Å². The normalized spacial score (nSPS) is 10.4. The molecule has 2 aromatic rings. The van der Waals surface area contributed by atoms with Crippen molar-refractivity contribution in [2.75, 3.05) is 7.11 Å². The molecule has 0 unspecified atom stereocenters. The van der Waals surface area contributed by atoms with Crippen LogP contribution in [0.5, 0.6) is 5.75 Å². The topological polar surface area (TPSA) is 72.6 Å². The van der Waals surface area contributed by atoms with Crippen LogP contribution in [0, 0.1) is 6.92 Å². The Hall–Kier alpha value is -2.01. The molecule has 0 bridgehead atoms. The SMILES string of the molecule is COc1c(Cl)ccc(C)c1-c1cc(C(=O)O)no1. The van der Waals surface area contributed by atoms with Crippen molar-refractivity contribution in [1.29, 1.82) is 0 Å². The van der Waals surface area contributed by atoms with Gasteiger partial charge in [-0.3, -0.25) is 0 Å². The molecule has 0 radical (unpaired) electrons. The third-order valence-corrected chi connectivity index (χ3v) is 2.80. The summed E-state index contributed by atoms with van der Waals surface area (Å²) < 4.78 is 10.2. The summed E-state index contributed by atoms with van der Waals surface area (Å²) in [5.74, 6) is -0.405. The molecular weight excluding hydrogens is 258 g/mol. The minimum atomic E-state index is -1.15. The predicted octanol–water partition coefficient (Wildman–Crippen LogP) is 3.01. The zero-order valence-corrected chi connectivity index (χ0v) is 10.5. The summed E-state index contributed by atoms with van der Waals surface area (Å²) >= 11 is 6.02. The molecule has 0 saturated heterocycles. The molecule has 0 amide bonds. The fraction of sp³-hybridized carbons (Fsp3) is 0.167. The van der Waals surface area contributed by atoms with E-state index in [4.69, 9.17) is 26.0 Å². The summed E-state index contributed by atoms with van der Waals surface area (Å²) in [6.45, 7) is 1.84. The predicted molar refractivity (Wildman–Crippen MR) is 65.2 cm³/mol. The van der Waals surface area contributed by atoms with Crippen LogP contribution in [0.1, 0.15) is 16.1 Å². The van der Waals surface area contributed by atoms with Gasteiger partial charge < -0.3 is 14.4 Å². The van der Waals surface area contributed by atoms with Crippen LogP contribution in [0.15, 0.2) is 22.7 Å². The van der Waals surface area contributed by atoms with E-state index in [9.17, 15) is 4.79 Å². The molecule has 0 aliphatic rings. The molecule has 1 heterocycles. The molecule has 1 aromatic carbocycles. The lowest BCUT2D eigenvalue weighted by Gasteiger charge is -2.10. The van der Waals surface area contributed by atoms with Crippen LogP contribution in [0.4, 0.5) is 0 Å². The quantitative estimate of drug-likeness (QED) is 0.925. The number of aryl methyl sites for hydroxylation is 1. The third kappa shape index (κ3) is 2.04. The molecule has 1 N–H and O–H groups in total. The van der Waals surface area contributed by atoms with E-state index in [1.807, 2.05) is 6.92 Å². The van der Waals surface area contributed by atoms with Gasteiger partial charge in [0.15, 0.2) is 11.5 Å². The summed E-state index contributed by atoms with van der Waals surface area (Å²) in [7, 11) is 1.48. The first-order chi connectivity index (χ1) is 8.54. The summed E-state index contributed by atoms with van der Waals surface area (Å²) in [6, 6.07) is 4.83. The van der Waals surface area contributed by atoms with Gasteiger partial charge in [0.1, 0.15) is 5.75 Å². The van der Waals surface area contributed by atoms with Crippen molar-refractivity contribution in [3.8, 4) is 17.1 Å². The van der Waals surface area contributed by atoms with E-state index in [0.29, 0.717) is 22.1 Å². The zero-order chi connectivity index (χ0) is 13.3. The van der Waals surface area contributed by atoms with Crippen molar-refractivity contribution in [3.63, 3.8) is 0 Å². The van der Waals surface area contributed by atoms with Gasteiger partial charge in [-0.15, -0.1) is 0 Å². The fourth-order valence-electron chi connectivity index (χ4n) is 1.66. The van der Waals surface area contributed by atoms with E-state index in [0.717, 1.165) is 5.56 Å². The molecule has 0 aliphatic heterocycles. The van der Waals surface area contributed by atoms with Crippen LogP contribution in [-0.4, -0.2) is 23.3 Å². The molecule has 0 saturated carbocycles. The van der Waals surface area contributed by atoms with Crippen LogP contribution < -0.4 is 4.74 Å². The summed E-state index contributed by atoms with van der Waals surface area (Å²) in [5, 5.41) is 12.7. The van der Waals surface area contributed by atoms with Crippen molar-refractivity contribution < 1.29 is 19.2 Å². The molecule has 6 heteroatoms. The number of ether oxygens (including phenoxy) is 1. The minimum absolute atomic E-state index is 0.161. The van der Waals surface area contributed by atoms with Crippen molar-refractivity contribution in [1.82, 2.24) is 5.16 Å². The first kappa shape index (κ1) is 12.4. The third-order valence-electron chi connectivity index (χ3n) is 2.50. The minimum Gasteiger partial charge on any atom is -0.494 e. The molecule has 1 aromatic heterocycles. The number of carboxylic acids is 1. The second-order valence-electron chi connectivity index (χ2n) is 3.65. The average Bonchev–Trinajstić information content (AvgIpc) is 2.81. The van der Waals surface area contributed by atoms with Crippen LogP contribution >= 0.6 is 11.6 Å². The van der Waals surface area contributed by atoms with Crippen molar-refractivity contribution in [2.45, 2.75) is 6.92 Å². The van der Waals surface area contributed by atoms with Crippen LogP contribution in [0.3, 0.4) is 0 Å². The molecular formula is C12H10ClNO4. The van der Waals surface area contributed by atoms with Crippen molar-refractivity contribution in [2.24, 2.45) is 0 Å². The molecule has 0 fully saturated rings. The highest BCUT2D eigenvalue weighted by Crippen LogP contribution is 2.38. The van der Waals surface area contributed by atoms with Gasteiger partial charge in [0.2, 0.25) is 0 Å². The lowest BCUT2D eigenvalue weighted by molar-refractivity contribution is 0.0686. The molecule has 0 spiro atoms. The molecule has 18 heavy (non-hydrogen) atoms. The highest BCUT2D eigenvalue weighted by atomic mass is 35.5. The van der Waals surface area contributed by atoms with E-state index in [1.54, 1.807) is 12.1 Å². The van der Waals surface area contributed by atoms with E-state index >= 15 is 0 Å². The maximum Gasteiger partial charge on any atom is 0.358 e. The number of aromatic nitrogens is 1. The maximum absolute atomic E-state index is 10.8. The largest absolute Gasteiger partial charge is 0.494 e. The Morgan fingerprint density at radius 3 is 2.78 bits per heavy atom. The fourth-order valence-corrected chi connectivity index (χ4v) is 1.89. The Bertz CT molecular complexity index is 606. The Kier molecular flexibility index (Phi) is 3.25. The first-order valence-electron chi connectivity index (χ1n) is 5.08. The first-order valence-corrected chi connectivity index (χ1v) is 5.46. The summed E-state index contributed by atoms with van der Waals surface area (Å²) in [4.78, 5) is 10.8. The van der Waals surface area contributed by atoms with Gasteiger partial charge in [0.05, 0.1) is 17.7 Å². The van der Waals surface area contributed by atoms with E-state index < -0.39 is 5.97 Å². The number of halogens is 1. The smallest absolute Gasteiger partial charge is 0.358 e. The highest BCUT2D eigenvalue weighted by molar-refractivity contribution is 6.32. The van der Waals surface area contributed by atoms with Gasteiger partial charge in [-0.25, -0.2) is 4.79 Å². The van der Waals surface area contributed by atoms with Gasteiger partial charge in [-0.05, 0) is 18.6 Å². The number of methoxy groups -OCH3 is 1.